The van der Waals surface area contributed by atoms with Gasteiger partial charge in [-0.3, -0.25) is 10.1 Å². The topological polar surface area (TPSA) is 54.9 Å². The number of hydrogen-bond donors (Lipinski definition) is 1. The zero-order chi connectivity index (χ0) is 13.2. The van der Waals surface area contributed by atoms with E-state index in [9.17, 15) is 4.79 Å². The van der Waals surface area contributed by atoms with Crippen molar-refractivity contribution in [3.05, 3.63) is 16.9 Å². The van der Waals surface area contributed by atoms with Gasteiger partial charge in [-0.1, -0.05) is 31.4 Å². The van der Waals surface area contributed by atoms with Crippen molar-refractivity contribution in [2.45, 2.75) is 46.0 Å². The highest BCUT2D eigenvalue weighted by Gasteiger charge is 2.39. The Bertz CT molecular complexity index is 435. The third-order valence-electron chi connectivity index (χ3n) is 3.77. The van der Waals surface area contributed by atoms with Crippen molar-refractivity contribution >= 4 is 23.5 Å². The van der Waals surface area contributed by atoms with Crippen LogP contribution in [0.15, 0.2) is 6.07 Å². The van der Waals surface area contributed by atoms with E-state index >= 15 is 0 Å². The average molecular weight is 268 g/mol. The van der Waals surface area contributed by atoms with Gasteiger partial charge in [-0.15, -0.1) is 0 Å². The lowest BCUT2D eigenvalue weighted by Crippen LogP contribution is -2.33. The molecule has 0 bridgehead atoms. The standard InChI is InChI=1S/C13H18ClN3O/c1-3-13(6-4-5-7-13)11(18)17-12-15-9(2)8-10(14)16-12/h8H,3-7H2,1-2H3,(H,15,16,17,18). The Morgan fingerprint density at radius 1 is 1.44 bits per heavy atom. The van der Waals surface area contributed by atoms with E-state index in [1.807, 2.05) is 6.92 Å². The molecule has 4 nitrogen and oxygen atoms in total. The molecule has 18 heavy (non-hydrogen) atoms. The molecule has 1 aliphatic rings. The van der Waals surface area contributed by atoms with Gasteiger partial charge >= 0.3 is 0 Å². The summed E-state index contributed by atoms with van der Waals surface area (Å²) in [6.45, 7) is 3.89. The van der Waals surface area contributed by atoms with Gasteiger partial charge in [0.05, 0.1) is 0 Å². The molecule has 1 heterocycles. The largest absolute Gasteiger partial charge is 0.294 e. The summed E-state index contributed by atoms with van der Waals surface area (Å²) >= 11 is 5.86. The molecule has 1 aromatic rings. The number of halogens is 1. The van der Waals surface area contributed by atoms with Crippen LogP contribution in [-0.2, 0) is 4.79 Å². The molecule has 1 fully saturated rings. The molecule has 98 valence electrons. The first-order valence-electron chi connectivity index (χ1n) is 6.38. The first-order valence-corrected chi connectivity index (χ1v) is 6.76. The Balaban J connectivity index is 2.15. The van der Waals surface area contributed by atoms with E-state index in [4.69, 9.17) is 11.6 Å². The lowest BCUT2D eigenvalue weighted by atomic mass is 9.82. The molecule has 0 unspecified atom stereocenters. The Morgan fingerprint density at radius 2 is 2.11 bits per heavy atom. The van der Waals surface area contributed by atoms with E-state index in [1.54, 1.807) is 6.07 Å². The van der Waals surface area contributed by atoms with Gasteiger partial charge in [0.1, 0.15) is 5.15 Å². The number of aromatic nitrogens is 2. The van der Waals surface area contributed by atoms with Gasteiger partial charge < -0.3 is 0 Å². The van der Waals surface area contributed by atoms with Crippen LogP contribution in [0.3, 0.4) is 0 Å². The maximum atomic E-state index is 12.4. The van der Waals surface area contributed by atoms with E-state index < -0.39 is 0 Å². The van der Waals surface area contributed by atoms with Gasteiger partial charge in [0.25, 0.3) is 0 Å². The number of hydrogen-bond acceptors (Lipinski definition) is 3. The van der Waals surface area contributed by atoms with Gasteiger partial charge in [0.2, 0.25) is 11.9 Å². The van der Waals surface area contributed by atoms with Crippen LogP contribution < -0.4 is 5.32 Å². The van der Waals surface area contributed by atoms with E-state index in [1.165, 1.54) is 0 Å². The molecule has 0 spiro atoms. The lowest BCUT2D eigenvalue weighted by Gasteiger charge is -2.25. The predicted molar refractivity (Wildman–Crippen MR) is 71.6 cm³/mol. The number of aryl methyl sites for hydroxylation is 1. The van der Waals surface area contributed by atoms with Crippen LogP contribution in [-0.4, -0.2) is 15.9 Å². The zero-order valence-electron chi connectivity index (χ0n) is 10.8. The lowest BCUT2D eigenvalue weighted by molar-refractivity contribution is -0.125. The monoisotopic (exact) mass is 267 g/mol. The summed E-state index contributed by atoms with van der Waals surface area (Å²) < 4.78 is 0. The number of carbonyl (C=O) groups excluding carboxylic acids is 1. The number of nitrogens with one attached hydrogen (secondary N) is 1. The Hall–Kier alpha value is -1.16. The maximum Gasteiger partial charge on any atom is 0.232 e. The van der Waals surface area contributed by atoms with Crippen molar-refractivity contribution in [1.29, 1.82) is 0 Å². The van der Waals surface area contributed by atoms with Gasteiger partial charge in [0.15, 0.2) is 0 Å². The van der Waals surface area contributed by atoms with Crippen LogP contribution in [0.2, 0.25) is 5.15 Å². The van der Waals surface area contributed by atoms with Gasteiger partial charge in [-0.05, 0) is 32.3 Å². The van der Waals surface area contributed by atoms with Crippen LogP contribution in [0.5, 0.6) is 0 Å². The third-order valence-corrected chi connectivity index (χ3v) is 3.96. The summed E-state index contributed by atoms with van der Waals surface area (Å²) in [6, 6.07) is 1.67. The average Bonchev–Trinajstić information content (AvgIpc) is 2.77. The van der Waals surface area contributed by atoms with Crippen LogP contribution in [0, 0.1) is 12.3 Å². The molecule has 5 heteroatoms. The minimum Gasteiger partial charge on any atom is -0.294 e. The van der Waals surface area contributed by atoms with E-state index in [-0.39, 0.29) is 11.3 Å². The van der Waals surface area contributed by atoms with Crippen molar-refractivity contribution in [3.63, 3.8) is 0 Å². The second kappa shape index (κ2) is 5.22. The minimum absolute atomic E-state index is 0.0316. The summed E-state index contributed by atoms with van der Waals surface area (Å²) in [6.07, 6.45) is 5.01. The van der Waals surface area contributed by atoms with E-state index in [0.29, 0.717) is 11.1 Å². The summed E-state index contributed by atoms with van der Waals surface area (Å²) in [5, 5.41) is 3.17. The summed E-state index contributed by atoms with van der Waals surface area (Å²) in [5.41, 5.74) is 0.516. The van der Waals surface area contributed by atoms with Gasteiger partial charge in [-0.2, -0.15) is 0 Å². The Kier molecular flexibility index (Phi) is 3.85. The third kappa shape index (κ3) is 2.64. The predicted octanol–water partition coefficient (Wildman–Crippen LogP) is 3.35. The fourth-order valence-corrected chi connectivity index (χ4v) is 2.85. The second-order valence-corrected chi connectivity index (χ2v) is 5.34. The number of carbonyl (C=O) groups is 1. The molecule has 0 aliphatic heterocycles. The van der Waals surface area contributed by atoms with Crippen LogP contribution >= 0.6 is 11.6 Å². The van der Waals surface area contributed by atoms with Crippen molar-refractivity contribution in [2.24, 2.45) is 5.41 Å². The number of anilines is 1. The van der Waals surface area contributed by atoms with E-state index in [0.717, 1.165) is 37.8 Å². The fourth-order valence-electron chi connectivity index (χ4n) is 2.61. The highest BCUT2D eigenvalue weighted by atomic mass is 35.5. The molecular formula is C13H18ClN3O. The summed E-state index contributed by atoms with van der Waals surface area (Å²) in [4.78, 5) is 20.6. The molecule has 1 aromatic heterocycles. The smallest absolute Gasteiger partial charge is 0.232 e. The SMILES string of the molecule is CCC1(C(=O)Nc2nc(C)cc(Cl)n2)CCCC1. The molecule has 0 atom stereocenters. The molecule has 1 amide bonds. The molecule has 1 aliphatic carbocycles. The molecule has 0 aromatic carbocycles. The Morgan fingerprint density at radius 3 is 2.67 bits per heavy atom. The highest BCUT2D eigenvalue weighted by Crippen LogP contribution is 2.41. The van der Waals surface area contributed by atoms with Gasteiger partial charge in [-0.25, -0.2) is 9.97 Å². The normalized spacial score (nSPS) is 17.7. The first-order chi connectivity index (χ1) is 8.55. The summed E-state index contributed by atoms with van der Waals surface area (Å²) in [7, 11) is 0. The quantitative estimate of drug-likeness (QED) is 0.855. The number of rotatable bonds is 3. The van der Waals surface area contributed by atoms with E-state index in [2.05, 4.69) is 22.2 Å². The molecule has 1 saturated carbocycles. The van der Waals surface area contributed by atoms with Crippen LogP contribution in [0.4, 0.5) is 5.95 Å². The molecular weight excluding hydrogens is 250 g/mol. The van der Waals surface area contributed by atoms with Crippen LogP contribution in [0.25, 0.3) is 0 Å². The molecule has 2 rings (SSSR count). The van der Waals surface area contributed by atoms with Crippen molar-refractivity contribution in [2.75, 3.05) is 5.32 Å². The van der Waals surface area contributed by atoms with Crippen molar-refractivity contribution in [1.82, 2.24) is 9.97 Å². The summed E-state index contributed by atoms with van der Waals surface area (Å²) in [5.74, 6) is 0.342. The van der Waals surface area contributed by atoms with Crippen molar-refractivity contribution < 1.29 is 4.79 Å². The van der Waals surface area contributed by atoms with Crippen molar-refractivity contribution in [3.8, 4) is 0 Å². The van der Waals surface area contributed by atoms with Crippen LogP contribution in [0.1, 0.15) is 44.7 Å². The zero-order valence-corrected chi connectivity index (χ0v) is 11.5. The highest BCUT2D eigenvalue weighted by molar-refractivity contribution is 6.29. The molecule has 0 radical (unpaired) electrons. The molecule has 0 saturated heterocycles. The van der Waals surface area contributed by atoms with Gasteiger partial charge in [0, 0.05) is 11.1 Å². The number of amides is 1. The first kappa shape index (κ1) is 13.3. The second-order valence-electron chi connectivity index (χ2n) is 4.95. The molecule has 1 N–H and O–H groups in total. The Labute approximate surface area is 112 Å². The minimum atomic E-state index is -0.237. The fraction of sp³-hybridized carbons (Fsp3) is 0.615. The maximum absolute atomic E-state index is 12.4. The number of nitrogens with zero attached hydrogens (tertiary/aromatic N) is 2.